The van der Waals surface area contributed by atoms with Crippen molar-refractivity contribution in [3.05, 3.63) is 86.9 Å². The van der Waals surface area contributed by atoms with Crippen LogP contribution < -0.4 is 15.6 Å². The normalized spacial score (nSPS) is 14.2. The number of pyridine rings is 1. The summed E-state index contributed by atoms with van der Waals surface area (Å²) in [6.45, 7) is 4.16. The molecule has 0 bridgehead atoms. The molecule has 1 aliphatic heterocycles. The quantitative estimate of drug-likeness (QED) is 0.401. The van der Waals surface area contributed by atoms with Crippen molar-refractivity contribution in [2.24, 2.45) is 0 Å². The molecule has 2 N–H and O–H groups in total. The zero-order valence-electron chi connectivity index (χ0n) is 19.4. The summed E-state index contributed by atoms with van der Waals surface area (Å²) in [5.41, 5.74) is 4.44. The number of aromatic nitrogens is 3. The van der Waals surface area contributed by atoms with Gasteiger partial charge in [0.2, 0.25) is 0 Å². The van der Waals surface area contributed by atoms with Gasteiger partial charge in [0.05, 0.1) is 48.8 Å². The zero-order valence-corrected chi connectivity index (χ0v) is 20.1. The van der Waals surface area contributed by atoms with Crippen LogP contribution in [0, 0.1) is 0 Å². The molecule has 9 heteroatoms. The molecule has 1 fully saturated rings. The van der Waals surface area contributed by atoms with Gasteiger partial charge in [-0.2, -0.15) is 5.10 Å². The molecule has 0 spiro atoms. The van der Waals surface area contributed by atoms with Gasteiger partial charge in [0.1, 0.15) is 5.75 Å². The average molecular weight is 492 g/mol. The number of nitrogens with zero attached hydrogens (tertiary/aromatic N) is 3. The van der Waals surface area contributed by atoms with Crippen molar-refractivity contribution in [2.75, 3.05) is 38.7 Å². The Morgan fingerprint density at radius 1 is 1.14 bits per heavy atom. The second-order valence-electron chi connectivity index (χ2n) is 8.44. The first kappa shape index (κ1) is 23.3. The third-order valence-corrected chi connectivity index (χ3v) is 6.42. The van der Waals surface area contributed by atoms with E-state index in [1.807, 2.05) is 42.5 Å². The largest absolute Gasteiger partial charge is 0.495 e. The molecule has 8 nitrogen and oxygen atoms in total. The Kier molecular flexibility index (Phi) is 6.94. The number of ether oxygens (including phenoxy) is 2. The van der Waals surface area contributed by atoms with Gasteiger partial charge in [0, 0.05) is 36.8 Å². The fraction of sp³-hybridized carbons (Fsp3) is 0.269. The smallest absolute Gasteiger partial charge is 0.275 e. The topological polar surface area (TPSA) is 92.4 Å². The van der Waals surface area contributed by atoms with E-state index in [2.05, 4.69) is 31.5 Å². The van der Waals surface area contributed by atoms with Gasteiger partial charge in [-0.1, -0.05) is 35.9 Å². The van der Waals surface area contributed by atoms with E-state index < -0.39 is 0 Å². The maximum absolute atomic E-state index is 12.7. The maximum Gasteiger partial charge on any atom is 0.275 e. The number of hydrogen-bond acceptors (Lipinski definition) is 7. The highest BCUT2D eigenvalue weighted by molar-refractivity contribution is 6.31. The van der Waals surface area contributed by atoms with E-state index in [9.17, 15) is 4.79 Å². The molecular weight excluding hydrogens is 466 g/mol. The number of aromatic amines is 1. The molecule has 1 aliphatic rings. The Morgan fingerprint density at radius 2 is 1.97 bits per heavy atom. The molecule has 0 radical (unpaired) electrons. The van der Waals surface area contributed by atoms with Crippen LogP contribution in [0.15, 0.2) is 59.5 Å². The first-order valence-corrected chi connectivity index (χ1v) is 11.8. The number of nitrogens with one attached hydrogen (secondary N) is 2. The molecule has 0 atom stereocenters. The van der Waals surface area contributed by atoms with E-state index in [1.165, 1.54) is 0 Å². The van der Waals surface area contributed by atoms with Crippen molar-refractivity contribution in [3.8, 4) is 5.75 Å². The van der Waals surface area contributed by atoms with Crippen LogP contribution in [0.2, 0.25) is 5.02 Å². The number of rotatable bonds is 7. The van der Waals surface area contributed by atoms with Crippen LogP contribution in [0.1, 0.15) is 16.8 Å². The van der Waals surface area contributed by atoms with Gasteiger partial charge in [0.15, 0.2) is 0 Å². The minimum absolute atomic E-state index is 0.315. The minimum atomic E-state index is -0.315. The molecule has 0 amide bonds. The highest BCUT2D eigenvalue weighted by atomic mass is 35.5. The Balaban J connectivity index is 1.49. The van der Waals surface area contributed by atoms with Gasteiger partial charge in [-0.15, -0.1) is 0 Å². The van der Waals surface area contributed by atoms with Crippen LogP contribution in [0.4, 0.5) is 11.4 Å². The lowest BCUT2D eigenvalue weighted by atomic mass is 10.1. The predicted octanol–water partition coefficient (Wildman–Crippen LogP) is 4.15. The fourth-order valence-electron chi connectivity index (χ4n) is 4.29. The molecular formula is C26H26ClN5O3. The van der Waals surface area contributed by atoms with Gasteiger partial charge in [-0.05, 0) is 35.4 Å². The van der Waals surface area contributed by atoms with Crippen LogP contribution in [0.5, 0.6) is 5.75 Å². The number of benzene rings is 2. The summed E-state index contributed by atoms with van der Waals surface area (Å²) in [7, 11) is 1.64. The SMILES string of the molecule is COc1cc(CN2CCOCC2)ccc1Nc1cc(Cc2ccccc2Cl)nc2cn[nH]c(=O)c12. The van der Waals surface area contributed by atoms with Gasteiger partial charge >= 0.3 is 0 Å². The third-order valence-electron chi connectivity index (χ3n) is 6.06. The lowest BCUT2D eigenvalue weighted by molar-refractivity contribution is 0.0342. The summed E-state index contributed by atoms with van der Waals surface area (Å²) in [6.07, 6.45) is 2.08. The summed E-state index contributed by atoms with van der Waals surface area (Å²) in [6, 6.07) is 15.6. The third kappa shape index (κ3) is 5.30. The maximum atomic E-state index is 12.7. The molecule has 5 rings (SSSR count). The van der Waals surface area contributed by atoms with E-state index >= 15 is 0 Å². The second-order valence-corrected chi connectivity index (χ2v) is 8.84. The van der Waals surface area contributed by atoms with Gasteiger partial charge in [-0.3, -0.25) is 14.7 Å². The number of methoxy groups -OCH3 is 1. The number of morpholine rings is 1. The first-order valence-electron chi connectivity index (χ1n) is 11.5. The predicted molar refractivity (Wildman–Crippen MR) is 137 cm³/mol. The zero-order chi connectivity index (χ0) is 24.2. The van der Waals surface area contributed by atoms with Crippen LogP contribution >= 0.6 is 11.6 Å². The van der Waals surface area contributed by atoms with Crippen LogP contribution in [0.3, 0.4) is 0 Å². The Morgan fingerprint density at radius 3 is 2.77 bits per heavy atom. The van der Waals surface area contributed by atoms with Gasteiger partial charge in [-0.25, -0.2) is 5.10 Å². The van der Waals surface area contributed by atoms with Crippen LogP contribution in [0.25, 0.3) is 10.9 Å². The van der Waals surface area contributed by atoms with Crippen molar-refractivity contribution in [1.82, 2.24) is 20.1 Å². The number of hydrogen-bond donors (Lipinski definition) is 2. The van der Waals surface area contributed by atoms with Crippen LogP contribution in [-0.2, 0) is 17.7 Å². The highest BCUT2D eigenvalue weighted by Gasteiger charge is 2.15. The summed E-state index contributed by atoms with van der Waals surface area (Å²) >= 11 is 6.37. The molecule has 2 aromatic carbocycles. The Hall–Kier alpha value is -3.46. The molecule has 35 heavy (non-hydrogen) atoms. The number of halogens is 1. The highest BCUT2D eigenvalue weighted by Crippen LogP contribution is 2.32. The van der Waals surface area contributed by atoms with Crippen LogP contribution in [-0.4, -0.2) is 53.5 Å². The van der Waals surface area contributed by atoms with E-state index in [1.54, 1.807) is 13.3 Å². The van der Waals surface area contributed by atoms with Gasteiger partial charge < -0.3 is 14.8 Å². The first-order chi connectivity index (χ1) is 17.1. The number of H-pyrrole nitrogens is 1. The summed E-state index contributed by atoms with van der Waals surface area (Å²) < 4.78 is 11.1. The molecule has 0 aliphatic carbocycles. The van der Waals surface area contributed by atoms with Crippen molar-refractivity contribution in [2.45, 2.75) is 13.0 Å². The van der Waals surface area contributed by atoms with E-state index in [-0.39, 0.29) is 5.56 Å². The molecule has 1 saturated heterocycles. The molecule has 0 saturated carbocycles. The number of anilines is 2. The summed E-state index contributed by atoms with van der Waals surface area (Å²) in [4.78, 5) is 19.7. The van der Waals surface area contributed by atoms with Crippen molar-refractivity contribution >= 4 is 33.9 Å². The van der Waals surface area contributed by atoms with Crippen molar-refractivity contribution < 1.29 is 9.47 Å². The standard InChI is InChI=1S/C26H26ClN5O3/c1-34-24-12-17(16-32-8-10-35-11-9-32)6-7-21(24)30-22-14-19(13-18-4-2-3-5-20(18)27)29-23-15-28-31-26(33)25(22)23/h2-7,12,14-15H,8-11,13,16H2,1H3,(H,29,30)(H,31,33). The molecule has 4 aromatic rings. The summed E-state index contributed by atoms with van der Waals surface area (Å²) in [5.74, 6) is 0.693. The molecule has 180 valence electrons. The minimum Gasteiger partial charge on any atom is -0.495 e. The van der Waals surface area contributed by atoms with E-state index in [0.29, 0.717) is 33.8 Å². The summed E-state index contributed by atoms with van der Waals surface area (Å²) in [5, 5.41) is 10.9. The Labute approximate surface area is 207 Å². The lowest BCUT2D eigenvalue weighted by Gasteiger charge is -2.26. The van der Waals surface area contributed by atoms with Crippen molar-refractivity contribution in [3.63, 3.8) is 0 Å². The molecule has 3 heterocycles. The van der Waals surface area contributed by atoms with E-state index in [0.717, 1.165) is 55.4 Å². The lowest BCUT2D eigenvalue weighted by Crippen LogP contribution is -2.35. The Bertz CT molecular complexity index is 1400. The van der Waals surface area contributed by atoms with Crippen molar-refractivity contribution in [1.29, 1.82) is 0 Å². The number of fused-ring (bicyclic) bond motifs is 1. The van der Waals surface area contributed by atoms with Gasteiger partial charge in [0.25, 0.3) is 5.56 Å². The monoisotopic (exact) mass is 491 g/mol. The molecule has 2 aromatic heterocycles. The second kappa shape index (κ2) is 10.4. The fourth-order valence-corrected chi connectivity index (χ4v) is 4.49. The molecule has 0 unspecified atom stereocenters. The average Bonchev–Trinajstić information content (AvgIpc) is 2.87. The van der Waals surface area contributed by atoms with E-state index in [4.69, 9.17) is 21.1 Å².